The van der Waals surface area contributed by atoms with Crippen molar-refractivity contribution in [2.45, 2.75) is 78.5 Å². The average Bonchev–Trinajstić information content (AvgIpc) is 2.89. The van der Waals surface area contributed by atoms with Gasteiger partial charge in [0.05, 0.1) is 18.6 Å². The number of nitrogens with one attached hydrogen (secondary N) is 3. The Morgan fingerprint density at radius 1 is 0.900 bits per heavy atom. The van der Waals surface area contributed by atoms with Crippen LogP contribution in [0.3, 0.4) is 0 Å². The maximum absolute atomic E-state index is 12.9. The number of ether oxygens (including phenoxy) is 1. The summed E-state index contributed by atoms with van der Waals surface area (Å²) in [4.78, 5) is 49.9. The highest BCUT2D eigenvalue weighted by Gasteiger charge is 2.30. The molecular formula is C30H43N3O7. The molecule has 10 nitrogen and oxygen atoms in total. The first-order valence-electron chi connectivity index (χ1n) is 13.8. The van der Waals surface area contributed by atoms with Gasteiger partial charge in [-0.25, -0.2) is 9.59 Å². The zero-order valence-corrected chi connectivity index (χ0v) is 24.0. The largest absolute Gasteiger partial charge is 0.480 e. The molecule has 2 rings (SSSR count). The van der Waals surface area contributed by atoms with Crippen molar-refractivity contribution in [1.82, 2.24) is 16.0 Å². The number of carbonyl (C=O) groups is 4. The van der Waals surface area contributed by atoms with Gasteiger partial charge in [0.1, 0.15) is 11.8 Å². The van der Waals surface area contributed by atoms with Gasteiger partial charge in [-0.3, -0.25) is 9.59 Å². The van der Waals surface area contributed by atoms with Crippen molar-refractivity contribution in [1.29, 1.82) is 0 Å². The number of rotatable bonds is 15. The smallest absolute Gasteiger partial charge is 0.413 e. The third-order valence-corrected chi connectivity index (χ3v) is 6.54. The van der Waals surface area contributed by atoms with Crippen LogP contribution in [-0.4, -0.2) is 58.8 Å². The Labute approximate surface area is 235 Å². The standard InChI is InChI=1S/C30H43N3O7/c1-6-20(28(36)31-17-19(4)5)15-25(34)23(14-18(2)3)32-27(35)16-24(29(37)38)33-30(39)40-26-13-9-11-21-10-7-8-12-22(21)26/h7-13,18-20,23-25,34H,6,14-17H2,1-5H3,(H,31,36)(H,32,35)(H,33,39)(H,37,38)/t20-,23+,24+,25+/m1/s1. The number of hydrogen-bond acceptors (Lipinski definition) is 6. The molecule has 2 aromatic rings. The van der Waals surface area contributed by atoms with Gasteiger partial charge in [-0.05, 0) is 42.6 Å². The summed E-state index contributed by atoms with van der Waals surface area (Å²) >= 11 is 0. The van der Waals surface area contributed by atoms with E-state index < -0.39 is 48.5 Å². The summed E-state index contributed by atoms with van der Waals surface area (Å²) in [7, 11) is 0. The van der Waals surface area contributed by atoms with Gasteiger partial charge in [-0.2, -0.15) is 0 Å². The van der Waals surface area contributed by atoms with Crippen molar-refractivity contribution in [3.05, 3.63) is 42.5 Å². The molecule has 5 N–H and O–H groups in total. The van der Waals surface area contributed by atoms with Crippen LogP contribution in [0.1, 0.15) is 60.3 Å². The molecule has 4 atom stereocenters. The molecule has 220 valence electrons. The van der Waals surface area contributed by atoms with Gasteiger partial charge in [0.25, 0.3) is 0 Å². The van der Waals surface area contributed by atoms with Crippen molar-refractivity contribution in [2.75, 3.05) is 6.54 Å². The summed E-state index contributed by atoms with van der Waals surface area (Å²) < 4.78 is 5.35. The van der Waals surface area contributed by atoms with Crippen molar-refractivity contribution >= 4 is 34.6 Å². The fourth-order valence-electron chi connectivity index (χ4n) is 4.39. The van der Waals surface area contributed by atoms with E-state index in [1.165, 1.54) is 0 Å². The molecule has 0 spiro atoms. The number of aliphatic hydroxyl groups excluding tert-OH is 1. The van der Waals surface area contributed by atoms with E-state index in [9.17, 15) is 29.4 Å². The van der Waals surface area contributed by atoms with Crippen LogP contribution in [0.4, 0.5) is 4.79 Å². The molecule has 0 aliphatic rings. The van der Waals surface area contributed by atoms with Crippen LogP contribution in [0, 0.1) is 17.8 Å². The number of fused-ring (bicyclic) bond motifs is 1. The van der Waals surface area contributed by atoms with E-state index in [4.69, 9.17) is 4.74 Å². The normalized spacial score (nSPS) is 14.3. The Balaban J connectivity index is 2.03. The van der Waals surface area contributed by atoms with Gasteiger partial charge >= 0.3 is 12.1 Å². The Bertz CT molecular complexity index is 1150. The first-order chi connectivity index (χ1) is 18.9. The highest BCUT2D eigenvalue weighted by Crippen LogP contribution is 2.25. The summed E-state index contributed by atoms with van der Waals surface area (Å²) in [5, 5.41) is 30.0. The number of carboxylic acids is 1. The van der Waals surface area contributed by atoms with Gasteiger partial charge in [-0.15, -0.1) is 0 Å². The molecule has 0 fully saturated rings. The molecule has 0 aliphatic carbocycles. The van der Waals surface area contributed by atoms with E-state index in [1.807, 2.05) is 52.8 Å². The molecule has 0 bridgehead atoms. The van der Waals surface area contributed by atoms with Crippen molar-refractivity contribution in [3.63, 3.8) is 0 Å². The van der Waals surface area contributed by atoms with E-state index in [-0.39, 0.29) is 24.0 Å². The van der Waals surface area contributed by atoms with Gasteiger partial charge in [-0.1, -0.05) is 71.0 Å². The van der Waals surface area contributed by atoms with Gasteiger partial charge in [0.2, 0.25) is 11.8 Å². The van der Waals surface area contributed by atoms with Gasteiger partial charge < -0.3 is 30.9 Å². The minimum Gasteiger partial charge on any atom is -0.480 e. The molecule has 2 aromatic carbocycles. The second-order valence-electron chi connectivity index (χ2n) is 11.0. The summed E-state index contributed by atoms with van der Waals surface area (Å²) in [5.41, 5.74) is 0. The van der Waals surface area contributed by atoms with E-state index in [2.05, 4.69) is 16.0 Å². The fraction of sp³-hybridized carbons (Fsp3) is 0.533. The maximum Gasteiger partial charge on any atom is 0.413 e. The number of aliphatic hydroxyl groups is 1. The number of hydrogen-bond donors (Lipinski definition) is 5. The van der Waals surface area contributed by atoms with Crippen LogP contribution >= 0.6 is 0 Å². The molecular weight excluding hydrogens is 514 g/mol. The van der Waals surface area contributed by atoms with Crippen molar-refractivity contribution in [3.8, 4) is 5.75 Å². The molecule has 0 aromatic heterocycles. The maximum atomic E-state index is 12.9. The Morgan fingerprint density at radius 2 is 1.57 bits per heavy atom. The predicted octanol–water partition coefficient (Wildman–Crippen LogP) is 3.85. The summed E-state index contributed by atoms with van der Waals surface area (Å²) in [5.74, 6) is -1.98. The monoisotopic (exact) mass is 557 g/mol. The third kappa shape index (κ3) is 10.5. The van der Waals surface area contributed by atoms with E-state index in [1.54, 1.807) is 24.3 Å². The number of carboxylic acid groups (broad SMARTS) is 1. The second-order valence-corrected chi connectivity index (χ2v) is 11.0. The lowest BCUT2D eigenvalue weighted by Crippen LogP contribution is -2.50. The first-order valence-corrected chi connectivity index (χ1v) is 13.8. The van der Waals surface area contributed by atoms with Crippen LogP contribution in [0.5, 0.6) is 5.75 Å². The van der Waals surface area contributed by atoms with E-state index in [0.717, 1.165) is 5.39 Å². The minimum atomic E-state index is -1.55. The number of aliphatic carboxylic acids is 1. The topological polar surface area (TPSA) is 154 Å². The molecule has 0 saturated heterocycles. The molecule has 0 radical (unpaired) electrons. The van der Waals surface area contributed by atoms with Crippen LogP contribution in [0.25, 0.3) is 10.8 Å². The number of amides is 3. The summed E-state index contributed by atoms with van der Waals surface area (Å²) in [6.45, 7) is 10.2. The quantitative estimate of drug-likeness (QED) is 0.223. The molecule has 0 unspecified atom stereocenters. The predicted molar refractivity (Wildman–Crippen MR) is 153 cm³/mol. The zero-order valence-electron chi connectivity index (χ0n) is 24.0. The lowest BCUT2D eigenvalue weighted by molar-refractivity contribution is -0.141. The molecule has 40 heavy (non-hydrogen) atoms. The Morgan fingerprint density at radius 3 is 2.20 bits per heavy atom. The SMILES string of the molecule is CC[C@H](C[C@H](O)[C@H](CC(C)C)NC(=O)C[C@H](NC(=O)Oc1cccc2ccccc12)C(=O)O)C(=O)NCC(C)C. The van der Waals surface area contributed by atoms with Crippen LogP contribution in [-0.2, 0) is 14.4 Å². The Hall–Kier alpha value is -3.66. The summed E-state index contributed by atoms with van der Waals surface area (Å²) in [6, 6.07) is 10.2. The fourth-order valence-corrected chi connectivity index (χ4v) is 4.39. The van der Waals surface area contributed by atoms with E-state index >= 15 is 0 Å². The van der Waals surface area contributed by atoms with Crippen molar-refractivity contribution in [2.24, 2.45) is 17.8 Å². The minimum absolute atomic E-state index is 0.110. The average molecular weight is 558 g/mol. The molecule has 0 aliphatic heterocycles. The summed E-state index contributed by atoms with van der Waals surface area (Å²) in [6.07, 6.45) is -1.50. The molecule has 0 saturated carbocycles. The second kappa shape index (κ2) is 15.8. The van der Waals surface area contributed by atoms with Gasteiger partial charge in [0, 0.05) is 17.8 Å². The van der Waals surface area contributed by atoms with Gasteiger partial charge in [0.15, 0.2) is 0 Å². The molecule has 10 heteroatoms. The highest BCUT2D eigenvalue weighted by molar-refractivity contribution is 5.91. The molecule has 0 heterocycles. The van der Waals surface area contributed by atoms with Crippen LogP contribution in [0.2, 0.25) is 0 Å². The van der Waals surface area contributed by atoms with E-state index in [0.29, 0.717) is 30.7 Å². The third-order valence-electron chi connectivity index (χ3n) is 6.54. The van der Waals surface area contributed by atoms with Crippen molar-refractivity contribution < 1.29 is 34.1 Å². The zero-order chi connectivity index (χ0) is 29.8. The molecule has 3 amide bonds. The highest BCUT2D eigenvalue weighted by atomic mass is 16.6. The lowest BCUT2D eigenvalue weighted by Gasteiger charge is -2.28. The number of carbonyl (C=O) groups excluding carboxylic acids is 3. The lowest BCUT2D eigenvalue weighted by atomic mass is 9.90. The van der Waals surface area contributed by atoms with Crippen LogP contribution < -0.4 is 20.7 Å². The van der Waals surface area contributed by atoms with Crippen LogP contribution in [0.15, 0.2) is 42.5 Å². The Kier molecular flexibility index (Phi) is 12.9. The first kappa shape index (κ1) is 32.6. The number of benzene rings is 2.